The van der Waals surface area contributed by atoms with Crippen LogP contribution in [0.15, 0.2) is 88.4 Å². The lowest BCUT2D eigenvalue weighted by molar-refractivity contribution is 0.563. The van der Waals surface area contributed by atoms with Gasteiger partial charge in [0.05, 0.1) is 16.1 Å². The van der Waals surface area contributed by atoms with Crippen molar-refractivity contribution in [2.75, 3.05) is 4.31 Å². The molecule has 0 saturated heterocycles. The number of para-hydroxylation sites is 1. The van der Waals surface area contributed by atoms with Crippen LogP contribution in [0.25, 0.3) is 11.5 Å². The monoisotopic (exact) mass is 412 g/mol. The van der Waals surface area contributed by atoms with E-state index in [9.17, 15) is 8.42 Å². The maximum absolute atomic E-state index is 13.3. The maximum Gasteiger partial charge on any atom is 0.337 e. The van der Waals surface area contributed by atoms with Gasteiger partial charge in [-0.2, -0.15) is 4.31 Å². The van der Waals surface area contributed by atoms with E-state index in [1.54, 1.807) is 54.9 Å². The van der Waals surface area contributed by atoms with Gasteiger partial charge in [-0.25, -0.2) is 8.42 Å². The molecule has 7 nitrogen and oxygen atoms in total. The number of anilines is 2. The number of sulfonamides is 1. The van der Waals surface area contributed by atoms with E-state index in [4.69, 9.17) is 16.0 Å². The molecule has 0 aliphatic heterocycles. The van der Waals surface area contributed by atoms with Crippen LogP contribution in [-0.4, -0.2) is 23.6 Å². The van der Waals surface area contributed by atoms with Crippen molar-refractivity contribution < 1.29 is 12.8 Å². The molecule has 2 heterocycles. The smallest absolute Gasteiger partial charge is 0.337 e. The van der Waals surface area contributed by atoms with Crippen molar-refractivity contribution in [3.05, 3.63) is 84.1 Å². The predicted octanol–water partition coefficient (Wildman–Crippen LogP) is 4.31. The summed E-state index contributed by atoms with van der Waals surface area (Å²) in [6.07, 6.45) is 3.17. The Labute approximate surface area is 166 Å². The Hall–Kier alpha value is -3.23. The highest BCUT2D eigenvalue weighted by molar-refractivity contribution is 7.93. The number of nitrogens with zero attached hydrogens (tertiary/aromatic N) is 4. The number of halogens is 1. The third-order valence-electron chi connectivity index (χ3n) is 3.84. The highest BCUT2D eigenvalue weighted by Gasteiger charge is 2.31. The molecule has 140 valence electrons. The van der Waals surface area contributed by atoms with Crippen molar-refractivity contribution >= 4 is 33.3 Å². The highest BCUT2D eigenvalue weighted by Crippen LogP contribution is 2.33. The van der Waals surface area contributed by atoms with Crippen molar-refractivity contribution in [2.24, 2.45) is 0 Å². The fourth-order valence-electron chi connectivity index (χ4n) is 2.53. The normalized spacial score (nSPS) is 11.3. The Morgan fingerprint density at radius 1 is 0.893 bits per heavy atom. The van der Waals surface area contributed by atoms with Gasteiger partial charge in [-0.3, -0.25) is 4.98 Å². The van der Waals surface area contributed by atoms with Crippen LogP contribution in [0.3, 0.4) is 0 Å². The summed E-state index contributed by atoms with van der Waals surface area (Å²) in [7, 11) is -4.03. The number of hydrogen-bond acceptors (Lipinski definition) is 6. The molecule has 0 atom stereocenters. The van der Waals surface area contributed by atoms with Crippen molar-refractivity contribution in [3.63, 3.8) is 0 Å². The van der Waals surface area contributed by atoms with Crippen LogP contribution < -0.4 is 4.31 Å². The molecule has 0 unspecified atom stereocenters. The summed E-state index contributed by atoms with van der Waals surface area (Å²) < 4.78 is 33.3. The van der Waals surface area contributed by atoms with Gasteiger partial charge in [-0.15, -0.1) is 5.10 Å². The average molecular weight is 413 g/mol. The van der Waals surface area contributed by atoms with E-state index < -0.39 is 10.0 Å². The number of pyridine rings is 1. The molecule has 0 N–H and O–H groups in total. The Morgan fingerprint density at radius 3 is 2.32 bits per heavy atom. The number of benzene rings is 2. The summed E-state index contributed by atoms with van der Waals surface area (Å²) in [5.74, 6) is 0.162. The van der Waals surface area contributed by atoms with E-state index in [1.807, 2.05) is 0 Å². The second kappa shape index (κ2) is 7.41. The minimum Gasteiger partial charge on any atom is -0.402 e. The molecule has 2 aromatic carbocycles. The second-order valence-corrected chi connectivity index (χ2v) is 7.91. The molecular weight excluding hydrogens is 400 g/mol. The van der Waals surface area contributed by atoms with Crippen LogP contribution in [0.5, 0.6) is 0 Å². The largest absolute Gasteiger partial charge is 0.402 e. The molecule has 4 aromatic rings. The van der Waals surface area contributed by atoms with Gasteiger partial charge < -0.3 is 4.42 Å². The fourth-order valence-corrected chi connectivity index (χ4v) is 4.03. The van der Waals surface area contributed by atoms with E-state index in [0.29, 0.717) is 16.3 Å². The van der Waals surface area contributed by atoms with Crippen molar-refractivity contribution in [1.82, 2.24) is 15.2 Å². The third kappa shape index (κ3) is 3.47. The average Bonchev–Trinajstić information content (AvgIpc) is 3.19. The molecule has 0 saturated carbocycles. The zero-order valence-electron chi connectivity index (χ0n) is 14.3. The van der Waals surface area contributed by atoms with Crippen LogP contribution in [0.1, 0.15) is 0 Å². The van der Waals surface area contributed by atoms with Gasteiger partial charge in [-0.1, -0.05) is 34.9 Å². The molecular formula is C19H13ClN4O3S. The summed E-state index contributed by atoms with van der Waals surface area (Å²) in [5.41, 5.74) is 0.942. The predicted molar refractivity (Wildman–Crippen MR) is 105 cm³/mol. The molecule has 0 aliphatic carbocycles. The fraction of sp³-hybridized carbons (Fsp3) is 0. The lowest BCUT2D eigenvalue weighted by Gasteiger charge is -2.20. The van der Waals surface area contributed by atoms with Crippen LogP contribution in [0, 0.1) is 0 Å². The first kappa shape index (κ1) is 18.1. The summed E-state index contributed by atoms with van der Waals surface area (Å²) in [6.45, 7) is 0. The van der Waals surface area contributed by atoms with Crippen LogP contribution in [-0.2, 0) is 10.0 Å². The molecule has 0 bridgehead atoms. The van der Waals surface area contributed by atoms with E-state index in [2.05, 4.69) is 15.2 Å². The van der Waals surface area contributed by atoms with E-state index in [0.717, 1.165) is 4.31 Å². The Bertz CT molecular complexity index is 1180. The van der Waals surface area contributed by atoms with Crippen molar-refractivity contribution in [2.45, 2.75) is 4.90 Å². The number of rotatable bonds is 5. The summed E-state index contributed by atoms with van der Waals surface area (Å²) in [6, 6.07) is 17.6. The lowest BCUT2D eigenvalue weighted by atomic mass is 10.3. The molecule has 4 rings (SSSR count). The van der Waals surface area contributed by atoms with Crippen molar-refractivity contribution in [3.8, 4) is 11.5 Å². The lowest BCUT2D eigenvalue weighted by Crippen LogP contribution is -2.26. The Balaban J connectivity index is 1.84. The molecule has 28 heavy (non-hydrogen) atoms. The van der Waals surface area contributed by atoms with Gasteiger partial charge in [0, 0.05) is 17.4 Å². The van der Waals surface area contributed by atoms with Gasteiger partial charge >= 0.3 is 6.01 Å². The van der Waals surface area contributed by atoms with Crippen LogP contribution in [0.2, 0.25) is 5.02 Å². The first-order chi connectivity index (χ1) is 13.6. The first-order valence-corrected chi connectivity index (χ1v) is 9.97. The zero-order chi connectivity index (χ0) is 19.6. The summed E-state index contributed by atoms with van der Waals surface area (Å²) >= 11 is 5.89. The van der Waals surface area contributed by atoms with Gasteiger partial charge in [0.25, 0.3) is 15.9 Å². The van der Waals surface area contributed by atoms with E-state index in [-0.39, 0.29) is 16.8 Å². The van der Waals surface area contributed by atoms with Gasteiger partial charge in [-0.05, 0) is 48.5 Å². The molecule has 0 amide bonds. The maximum atomic E-state index is 13.3. The minimum atomic E-state index is -4.03. The molecule has 9 heteroatoms. The number of hydrogen-bond donors (Lipinski definition) is 0. The van der Waals surface area contributed by atoms with Gasteiger partial charge in [0.2, 0.25) is 0 Å². The Kier molecular flexibility index (Phi) is 4.81. The number of aromatic nitrogens is 3. The summed E-state index contributed by atoms with van der Waals surface area (Å²) in [5, 5.41) is 8.36. The zero-order valence-corrected chi connectivity index (χ0v) is 15.9. The van der Waals surface area contributed by atoms with Crippen molar-refractivity contribution in [1.29, 1.82) is 0 Å². The molecule has 0 fully saturated rings. The first-order valence-electron chi connectivity index (χ1n) is 8.15. The topological polar surface area (TPSA) is 89.2 Å². The SMILES string of the molecule is O=S(=O)(c1ccc(Cl)cc1)N(c1ccccc1)c1nnc(-c2cccnc2)o1. The Morgan fingerprint density at radius 2 is 1.64 bits per heavy atom. The third-order valence-corrected chi connectivity index (χ3v) is 5.81. The molecule has 0 spiro atoms. The van der Waals surface area contributed by atoms with Gasteiger partial charge in [0.15, 0.2) is 0 Å². The van der Waals surface area contributed by atoms with Crippen LogP contribution >= 0.6 is 11.6 Å². The second-order valence-electron chi connectivity index (χ2n) is 5.69. The quantitative estimate of drug-likeness (QED) is 0.485. The molecule has 0 radical (unpaired) electrons. The van der Waals surface area contributed by atoms with Gasteiger partial charge in [0.1, 0.15) is 0 Å². The standard InChI is InChI=1S/C19H13ClN4O3S/c20-15-8-10-17(11-9-15)28(25,26)24(16-6-2-1-3-7-16)19-23-22-18(27-19)14-5-4-12-21-13-14/h1-13H. The summed E-state index contributed by atoms with van der Waals surface area (Å²) in [4.78, 5) is 4.05. The molecule has 2 aromatic heterocycles. The highest BCUT2D eigenvalue weighted by atomic mass is 35.5. The van der Waals surface area contributed by atoms with E-state index in [1.165, 1.54) is 24.3 Å². The van der Waals surface area contributed by atoms with E-state index >= 15 is 0 Å². The molecule has 0 aliphatic rings. The van der Waals surface area contributed by atoms with Crippen LogP contribution in [0.4, 0.5) is 11.7 Å². The minimum absolute atomic E-state index is 0.0434.